The number of carboxylic acid groups (broad SMARTS) is 1. The maximum absolute atomic E-state index is 10.3. The number of aliphatic carboxylic acids is 1. The van der Waals surface area contributed by atoms with E-state index in [-0.39, 0.29) is 0 Å². The lowest BCUT2D eigenvalue weighted by Crippen LogP contribution is -2.04. The van der Waals surface area contributed by atoms with Crippen molar-refractivity contribution in [1.82, 2.24) is 4.98 Å². The number of aromatic nitrogens is 1. The Morgan fingerprint density at radius 3 is 2.94 bits per heavy atom. The standard InChI is InChI=1S/C13H17NO2S/c15-13(16)8-4-7-12-14-11(9-17-12)10-5-2-1-3-6-10/h4,8-10H,1-3,5-7H2,(H,15,16)/b8-4+. The molecule has 0 unspecified atom stereocenters. The molecule has 1 fully saturated rings. The van der Waals surface area contributed by atoms with Gasteiger partial charge in [0.2, 0.25) is 0 Å². The minimum absolute atomic E-state index is 0.629. The van der Waals surface area contributed by atoms with Gasteiger partial charge in [-0.1, -0.05) is 25.3 Å². The number of hydrogen-bond acceptors (Lipinski definition) is 3. The molecule has 0 radical (unpaired) electrons. The first-order valence-electron chi connectivity index (χ1n) is 6.09. The van der Waals surface area contributed by atoms with Crippen molar-refractivity contribution in [2.75, 3.05) is 0 Å². The van der Waals surface area contributed by atoms with Gasteiger partial charge in [-0.25, -0.2) is 9.78 Å². The highest BCUT2D eigenvalue weighted by molar-refractivity contribution is 7.09. The van der Waals surface area contributed by atoms with Gasteiger partial charge in [0.15, 0.2) is 0 Å². The van der Waals surface area contributed by atoms with Gasteiger partial charge in [-0.2, -0.15) is 0 Å². The van der Waals surface area contributed by atoms with Gasteiger partial charge in [0.25, 0.3) is 0 Å². The summed E-state index contributed by atoms with van der Waals surface area (Å²) >= 11 is 1.64. The first kappa shape index (κ1) is 12.3. The van der Waals surface area contributed by atoms with E-state index in [1.54, 1.807) is 17.4 Å². The van der Waals surface area contributed by atoms with E-state index in [4.69, 9.17) is 5.11 Å². The van der Waals surface area contributed by atoms with E-state index in [9.17, 15) is 4.79 Å². The molecule has 0 spiro atoms. The summed E-state index contributed by atoms with van der Waals surface area (Å²) in [6.07, 6.45) is 9.97. The number of hydrogen-bond donors (Lipinski definition) is 1. The number of thiazole rings is 1. The first-order chi connectivity index (χ1) is 8.25. The monoisotopic (exact) mass is 251 g/mol. The highest BCUT2D eigenvalue weighted by Crippen LogP contribution is 2.33. The normalized spacial score (nSPS) is 17.6. The average molecular weight is 251 g/mol. The topological polar surface area (TPSA) is 50.2 Å². The molecule has 1 aromatic rings. The van der Waals surface area contributed by atoms with Crippen LogP contribution in [0.15, 0.2) is 17.5 Å². The summed E-state index contributed by atoms with van der Waals surface area (Å²) in [4.78, 5) is 14.9. The number of carbonyl (C=O) groups is 1. The van der Waals surface area contributed by atoms with Crippen LogP contribution in [-0.4, -0.2) is 16.1 Å². The predicted octanol–water partition coefficient (Wildman–Crippen LogP) is 3.37. The van der Waals surface area contributed by atoms with Crippen LogP contribution in [0.4, 0.5) is 0 Å². The largest absolute Gasteiger partial charge is 0.478 e. The third kappa shape index (κ3) is 3.66. The van der Waals surface area contributed by atoms with Gasteiger partial charge in [0.05, 0.1) is 10.7 Å². The number of nitrogens with zero attached hydrogens (tertiary/aromatic N) is 1. The molecule has 2 rings (SSSR count). The Labute approximate surface area is 105 Å². The second kappa shape index (κ2) is 5.96. The molecule has 1 aromatic heterocycles. The van der Waals surface area contributed by atoms with Crippen molar-refractivity contribution in [2.24, 2.45) is 0 Å². The van der Waals surface area contributed by atoms with Gasteiger partial charge < -0.3 is 5.11 Å². The van der Waals surface area contributed by atoms with E-state index >= 15 is 0 Å². The van der Waals surface area contributed by atoms with E-state index in [2.05, 4.69) is 10.4 Å². The highest BCUT2D eigenvalue weighted by atomic mass is 32.1. The van der Waals surface area contributed by atoms with Gasteiger partial charge in [-0.05, 0) is 12.8 Å². The molecule has 17 heavy (non-hydrogen) atoms. The summed E-state index contributed by atoms with van der Waals surface area (Å²) in [5, 5.41) is 11.7. The predicted molar refractivity (Wildman–Crippen MR) is 68.4 cm³/mol. The molecule has 1 heterocycles. The zero-order chi connectivity index (χ0) is 12.1. The molecule has 0 aliphatic heterocycles. The zero-order valence-electron chi connectivity index (χ0n) is 9.76. The molecule has 0 atom stereocenters. The molecule has 0 bridgehead atoms. The summed E-state index contributed by atoms with van der Waals surface area (Å²) in [7, 11) is 0. The third-order valence-corrected chi connectivity index (χ3v) is 4.04. The summed E-state index contributed by atoms with van der Waals surface area (Å²) in [5.41, 5.74) is 1.22. The van der Waals surface area contributed by atoms with Crippen molar-refractivity contribution in [3.8, 4) is 0 Å². The van der Waals surface area contributed by atoms with Gasteiger partial charge in [-0.3, -0.25) is 0 Å². The average Bonchev–Trinajstić information content (AvgIpc) is 2.78. The van der Waals surface area contributed by atoms with Crippen molar-refractivity contribution >= 4 is 17.3 Å². The fourth-order valence-electron chi connectivity index (χ4n) is 2.27. The fraction of sp³-hybridized carbons (Fsp3) is 0.538. The minimum atomic E-state index is -0.894. The van der Waals surface area contributed by atoms with Crippen molar-refractivity contribution in [3.63, 3.8) is 0 Å². The third-order valence-electron chi connectivity index (χ3n) is 3.15. The van der Waals surface area contributed by atoms with Crippen molar-refractivity contribution in [3.05, 3.63) is 28.2 Å². The van der Waals surface area contributed by atoms with Crippen LogP contribution in [0.2, 0.25) is 0 Å². The Morgan fingerprint density at radius 2 is 2.24 bits per heavy atom. The molecule has 1 N–H and O–H groups in total. The lowest BCUT2D eigenvalue weighted by atomic mass is 9.87. The number of carboxylic acids is 1. The maximum Gasteiger partial charge on any atom is 0.327 e. The summed E-state index contributed by atoms with van der Waals surface area (Å²) in [6, 6.07) is 0. The molecule has 92 valence electrons. The lowest BCUT2D eigenvalue weighted by Gasteiger charge is -2.19. The van der Waals surface area contributed by atoms with Crippen LogP contribution in [0.1, 0.15) is 48.7 Å². The molecule has 0 saturated heterocycles. The van der Waals surface area contributed by atoms with E-state index in [0.29, 0.717) is 12.3 Å². The molecule has 1 aliphatic rings. The van der Waals surface area contributed by atoms with E-state index in [1.807, 2.05) is 0 Å². The Bertz CT molecular complexity index is 405. The van der Waals surface area contributed by atoms with Crippen LogP contribution >= 0.6 is 11.3 Å². The molecule has 1 saturated carbocycles. The summed E-state index contributed by atoms with van der Waals surface area (Å²) in [6.45, 7) is 0. The van der Waals surface area contributed by atoms with E-state index in [1.165, 1.54) is 43.9 Å². The van der Waals surface area contributed by atoms with E-state index < -0.39 is 5.97 Å². The van der Waals surface area contributed by atoms with Crippen LogP contribution in [0.25, 0.3) is 0 Å². The van der Waals surface area contributed by atoms with Gasteiger partial charge in [0.1, 0.15) is 0 Å². The Kier molecular flexibility index (Phi) is 4.31. The molecular weight excluding hydrogens is 234 g/mol. The maximum atomic E-state index is 10.3. The van der Waals surface area contributed by atoms with Crippen LogP contribution in [0.5, 0.6) is 0 Å². The fourth-order valence-corrected chi connectivity index (χ4v) is 3.12. The van der Waals surface area contributed by atoms with Gasteiger partial charge in [0, 0.05) is 23.8 Å². The highest BCUT2D eigenvalue weighted by Gasteiger charge is 2.17. The zero-order valence-corrected chi connectivity index (χ0v) is 10.6. The van der Waals surface area contributed by atoms with Crippen molar-refractivity contribution in [2.45, 2.75) is 44.4 Å². The molecule has 3 nitrogen and oxygen atoms in total. The van der Waals surface area contributed by atoms with E-state index in [0.717, 1.165) is 5.01 Å². The van der Waals surface area contributed by atoms with Gasteiger partial charge >= 0.3 is 5.97 Å². The Morgan fingerprint density at radius 1 is 1.47 bits per heavy atom. The molecule has 4 heteroatoms. The minimum Gasteiger partial charge on any atom is -0.478 e. The van der Waals surface area contributed by atoms with Crippen LogP contribution in [-0.2, 0) is 11.2 Å². The second-order valence-electron chi connectivity index (χ2n) is 4.45. The molecular formula is C13H17NO2S. The smallest absolute Gasteiger partial charge is 0.327 e. The SMILES string of the molecule is O=C(O)/C=C/Cc1nc(C2CCCCC2)cs1. The first-order valence-corrected chi connectivity index (χ1v) is 6.97. The summed E-state index contributed by atoms with van der Waals surface area (Å²) in [5.74, 6) is -0.258. The van der Waals surface area contributed by atoms with Crippen LogP contribution in [0.3, 0.4) is 0 Å². The number of rotatable bonds is 4. The van der Waals surface area contributed by atoms with Crippen LogP contribution < -0.4 is 0 Å². The van der Waals surface area contributed by atoms with Gasteiger partial charge in [-0.15, -0.1) is 11.3 Å². The molecule has 0 aromatic carbocycles. The Balaban J connectivity index is 1.93. The van der Waals surface area contributed by atoms with Crippen LogP contribution in [0, 0.1) is 0 Å². The summed E-state index contributed by atoms with van der Waals surface area (Å²) < 4.78 is 0. The van der Waals surface area contributed by atoms with Crippen molar-refractivity contribution in [1.29, 1.82) is 0 Å². The molecule has 0 amide bonds. The lowest BCUT2D eigenvalue weighted by molar-refractivity contribution is -0.131. The quantitative estimate of drug-likeness (QED) is 0.835. The Hall–Kier alpha value is -1.16. The second-order valence-corrected chi connectivity index (χ2v) is 5.39. The number of allylic oxidation sites excluding steroid dienone is 1. The molecule has 1 aliphatic carbocycles. The van der Waals surface area contributed by atoms with Crippen molar-refractivity contribution < 1.29 is 9.90 Å².